The van der Waals surface area contributed by atoms with E-state index in [1.54, 1.807) is 7.11 Å². The molecular formula is C42H45Cl2F2N3O6. The Labute approximate surface area is 329 Å². The minimum atomic E-state index is -0.764. The average Bonchev–Trinajstić information content (AvgIpc) is 3.80. The van der Waals surface area contributed by atoms with E-state index in [1.165, 1.54) is 6.07 Å². The molecule has 9 nitrogen and oxygen atoms in total. The van der Waals surface area contributed by atoms with Crippen molar-refractivity contribution >= 4 is 35.2 Å². The van der Waals surface area contributed by atoms with Gasteiger partial charge in [0.2, 0.25) is 5.91 Å². The third-order valence-corrected chi connectivity index (χ3v) is 11.4. The Morgan fingerprint density at radius 2 is 1.73 bits per heavy atom. The zero-order chi connectivity index (χ0) is 39.0. The van der Waals surface area contributed by atoms with E-state index in [0.29, 0.717) is 42.5 Å². The fourth-order valence-electron chi connectivity index (χ4n) is 7.98. The molecule has 1 saturated carbocycles. The maximum atomic E-state index is 15.1. The summed E-state index contributed by atoms with van der Waals surface area (Å²) in [6, 6.07) is 16.6. The first kappa shape index (κ1) is 39.1. The van der Waals surface area contributed by atoms with Gasteiger partial charge in [-0.1, -0.05) is 52.6 Å². The molecule has 2 saturated heterocycles. The predicted octanol–water partition coefficient (Wildman–Crippen LogP) is 9.76. The van der Waals surface area contributed by atoms with Crippen molar-refractivity contribution in [2.75, 3.05) is 13.7 Å². The van der Waals surface area contributed by atoms with E-state index in [1.807, 2.05) is 67.0 Å². The summed E-state index contributed by atoms with van der Waals surface area (Å²) in [5, 5.41) is 4.10. The number of benzene rings is 3. The van der Waals surface area contributed by atoms with Crippen LogP contribution in [0, 0.1) is 17.6 Å². The Kier molecular flexibility index (Phi) is 11.4. The molecule has 7 rings (SSSR count). The zero-order valence-electron chi connectivity index (χ0n) is 31.3. The summed E-state index contributed by atoms with van der Waals surface area (Å²) in [4.78, 5) is 32.6. The van der Waals surface area contributed by atoms with Crippen LogP contribution in [0.1, 0.15) is 81.2 Å². The highest BCUT2D eigenvalue weighted by Crippen LogP contribution is 2.49. The van der Waals surface area contributed by atoms with Gasteiger partial charge in [-0.3, -0.25) is 4.79 Å². The van der Waals surface area contributed by atoms with Crippen LogP contribution in [0.5, 0.6) is 5.75 Å². The molecule has 292 valence electrons. The predicted molar refractivity (Wildman–Crippen MR) is 204 cm³/mol. The van der Waals surface area contributed by atoms with Gasteiger partial charge in [-0.05, 0) is 112 Å². The van der Waals surface area contributed by atoms with Crippen molar-refractivity contribution in [1.29, 1.82) is 0 Å². The molecule has 2 aliphatic heterocycles. The van der Waals surface area contributed by atoms with E-state index in [4.69, 9.17) is 41.9 Å². The molecule has 4 aromatic rings. The largest absolute Gasteiger partial charge is 0.486 e. The van der Waals surface area contributed by atoms with Gasteiger partial charge in [-0.2, -0.15) is 0 Å². The smallest absolute Gasteiger partial charge is 0.410 e. The number of nitrogens with zero attached hydrogens (tertiary/aromatic N) is 3. The number of piperidine rings is 1. The first-order valence-electron chi connectivity index (χ1n) is 18.7. The number of halogens is 4. The second kappa shape index (κ2) is 16.1. The first-order valence-corrected chi connectivity index (χ1v) is 19.5. The summed E-state index contributed by atoms with van der Waals surface area (Å²) < 4.78 is 51.0. The van der Waals surface area contributed by atoms with Crippen molar-refractivity contribution in [1.82, 2.24) is 15.0 Å². The van der Waals surface area contributed by atoms with Crippen LogP contribution < -0.4 is 4.74 Å². The third-order valence-electron chi connectivity index (χ3n) is 10.7. The second-order valence-electron chi connectivity index (χ2n) is 15.7. The monoisotopic (exact) mass is 795 g/mol. The number of methoxy groups -OCH3 is 1. The number of carbonyl (C=O) groups excluding carboxylic acids is 2. The lowest BCUT2D eigenvalue weighted by Crippen LogP contribution is -2.56. The summed E-state index contributed by atoms with van der Waals surface area (Å²) in [6.45, 7) is 6.50. The van der Waals surface area contributed by atoms with Crippen LogP contribution in [0.15, 0.2) is 65.2 Å². The maximum absolute atomic E-state index is 15.1. The first-order chi connectivity index (χ1) is 26.3. The van der Waals surface area contributed by atoms with Gasteiger partial charge in [0.15, 0.2) is 5.76 Å². The van der Waals surface area contributed by atoms with Crippen molar-refractivity contribution in [2.24, 2.45) is 5.92 Å². The summed E-state index contributed by atoms with van der Waals surface area (Å²) in [5.41, 5.74) is 2.14. The van der Waals surface area contributed by atoms with Crippen LogP contribution in [-0.4, -0.2) is 64.4 Å². The number of ether oxygens (including phenoxy) is 3. The highest BCUT2D eigenvalue weighted by Gasteiger charge is 2.55. The fourth-order valence-corrected chi connectivity index (χ4v) is 8.41. The van der Waals surface area contributed by atoms with Crippen LogP contribution in [0.3, 0.4) is 0 Å². The third kappa shape index (κ3) is 8.64. The summed E-state index contributed by atoms with van der Waals surface area (Å²) in [6.07, 6.45) is 4.27. The van der Waals surface area contributed by atoms with Crippen LogP contribution in [0.4, 0.5) is 13.6 Å². The normalized spacial score (nSPS) is 20.8. The van der Waals surface area contributed by atoms with E-state index in [-0.39, 0.29) is 58.9 Å². The van der Waals surface area contributed by atoms with Crippen LogP contribution in [-0.2, 0) is 33.8 Å². The molecule has 3 heterocycles. The molecular weight excluding hydrogens is 751 g/mol. The number of rotatable bonds is 12. The molecule has 0 spiro atoms. The number of carbonyl (C=O) groups is 2. The highest BCUT2D eigenvalue weighted by atomic mass is 35.5. The van der Waals surface area contributed by atoms with Gasteiger partial charge in [-0.25, -0.2) is 13.6 Å². The Morgan fingerprint density at radius 1 is 0.982 bits per heavy atom. The lowest BCUT2D eigenvalue weighted by Gasteiger charge is -2.45. The standard InChI is InChI=1S/C42H45Cl2F2N3O6/c1-42(2,3)54-41(51)49-28-10-16-36(49)37(40(50)48(27-8-9-27)22-26-19-24(17-18-52-4)5-13-32(26)43)31(20-28)25-6-11-29(12-7-25)53-23-30-21-35(47-55-30)38-33(45)14-15-34(46)39(38)44/h5-7,11-15,19,21,27-28,31,36-37H,8-10,16-18,20,22-23H2,1-4H3. The molecule has 2 amide bonds. The van der Waals surface area contributed by atoms with E-state index in [2.05, 4.69) is 11.2 Å². The minimum absolute atomic E-state index is 0.0149. The zero-order valence-corrected chi connectivity index (χ0v) is 32.8. The van der Waals surface area contributed by atoms with Crippen molar-refractivity contribution in [3.8, 4) is 17.0 Å². The molecule has 4 unspecified atom stereocenters. The Morgan fingerprint density at radius 3 is 2.44 bits per heavy atom. The summed E-state index contributed by atoms with van der Waals surface area (Å²) >= 11 is 12.7. The Hall–Kier alpha value is -4.19. The topological polar surface area (TPSA) is 94.3 Å². The molecule has 13 heteroatoms. The number of aromatic nitrogens is 1. The van der Waals surface area contributed by atoms with Crippen molar-refractivity contribution < 1.29 is 37.1 Å². The van der Waals surface area contributed by atoms with Gasteiger partial charge in [0, 0.05) is 42.9 Å². The minimum Gasteiger partial charge on any atom is -0.486 e. The van der Waals surface area contributed by atoms with Crippen LogP contribution >= 0.6 is 23.2 Å². The second-order valence-corrected chi connectivity index (χ2v) is 16.5. The van der Waals surface area contributed by atoms with E-state index in [9.17, 15) is 13.6 Å². The van der Waals surface area contributed by atoms with Gasteiger partial charge < -0.3 is 28.5 Å². The van der Waals surface area contributed by atoms with E-state index in [0.717, 1.165) is 54.5 Å². The molecule has 0 radical (unpaired) electrons. The highest BCUT2D eigenvalue weighted by molar-refractivity contribution is 6.33. The van der Waals surface area contributed by atoms with Gasteiger partial charge in [0.1, 0.15) is 35.3 Å². The summed E-state index contributed by atoms with van der Waals surface area (Å²) in [5.74, 6) is -1.31. The van der Waals surface area contributed by atoms with Crippen molar-refractivity contribution in [3.05, 3.63) is 105 Å². The number of fused-ring (bicyclic) bond motifs is 2. The molecule has 4 atom stereocenters. The number of hydrogen-bond acceptors (Lipinski definition) is 7. The van der Waals surface area contributed by atoms with Gasteiger partial charge in [0.25, 0.3) is 0 Å². The Balaban J connectivity index is 1.13. The molecule has 3 aromatic carbocycles. The number of hydrogen-bond donors (Lipinski definition) is 0. The molecule has 3 fully saturated rings. The Bertz CT molecular complexity index is 2030. The molecule has 1 aliphatic carbocycles. The quantitative estimate of drug-likeness (QED) is 0.132. The molecule has 55 heavy (non-hydrogen) atoms. The molecule has 0 N–H and O–H groups in total. The molecule has 1 aromatic heterocycles. The van der Waals surface area contributed by atoms with Gasteiger partial charge in [-0.15, -0.1) is 0 Å². The fraction of sp³-hybridized carbons (Fsp3) is 0.452. The number of amides is 2. The summed E-state index contributed by atoms with van der Waals surface area (Å²) in [7, 11) is 1.67. The van der Waals surface area contributed by atoms with Crippen molar-refractivity contribution in [2.45, 2.75) is 102 Å². The van der Waals surface area contributed by atoms with Gasteiger partial charge >= 0.3 is 6.09 Å². The average molecular weight is 797 g/mol. The maximum Gasteiger partial charge on any atom is 0.410 e. The van der Waals surface area contributed by atoms with Crippen molar-refractivity contribution in [3.63, 3.8) is 0 Å². The lowest BCUT2D eigenvalue weighted by molar-refractivity contribution is -0.141. The molecule has 2 bridgehead atoms. The van der Waals surface area contributed by atoms with E-state index >= 15 is 4.79 Å². The lowest BCUT2D eigenvalue weighted by atomic mass is 9.75. The SMILES string of the molecule is COCCc1ccc(Cl)c(CN(C(=O)C2C(c3ccc(OCc4cc(-c5c(F)ccc(F)c5Cl)no4)cc3)CC3CCC2N3C(=O)OC(C)(C)C)C2CC2)c1. The molecule has 3 aliphatic rings. The van der Waals surface area contributed by atoms with Crippen LogP contribution in [0.25, 0.3) is 11.3 Å². The van der Waals surface area contributed by atoms with Gasteiger partial charge in [0.05, 0.1) is 23.1 Å². The van der Waals surface area contributed by atoms with E-state index < -0.39 is 23.2 Å². The van der Waals surface area contributed by atoms with Crippen LogP contribution in [0.2, 0.25) is 10.0 Å².